The van der Waals surface area contributed by atoms with Gasteiger partial charge in [0.05, 0.1) is 12.3 Å². The Hall–Kier alpha value is -1.59. The van der Waals surface area contributed by atoms with Gasteiger partial charge in [-0.3, -0.25) is 9.69 Å². The summed E-state index contributed by atoms with van der Waals surface area (Å²) in [5.41, 5.74) is 0. The number of thiophene rings is 1. The van der Waals surface area contributed by atoms with E-state index in [1.54, 1.807) is 17.6 Å². The Morgan fingerprint density at radius 2 is 2.21 bits per heavy atom. The van der Waals surface area contributed by atoms with Crippen molar-refractivity contribution in [2.75, 3.05) is 19.6 Å². The molecule has 3 heterocycles. The van der Waals surface area contributed by atoms with Crippen LogP contribution >= 0.6 is 11.3 Å². The van der Waals surface area contributed by atoms with E-state index in [0.717, 1.165) is 24.8 Å². The van der Waals surface area contributed by atoms with Crippen LogP contribution in [0.2, 0.25) is 0 Å². The van der Waals surface area contributed by atoms with Crippen molar-refractivity contribution in [3.05, 3.63) is 46.5 Å². The Balaban J connectivity index is 1.53. The van der Waals surface area contributed by atoms with Crippen molar-refractivity contribution < 1.29 is 9.21 Å². The molecule has 130 valence electrons. The maximum Gasteiger partial charge on any atom is 0.220 e. The highest BCUT2D eigenvalue weighted by molar-refractivity contribution is 7.10. The van der Waals surface area contributed by atoms with E-state index >= 15 is 0 Å². The van der Waals surface area contributed by atoms with Crippen LogP contribution < -0.4 is 5.32 Å². The van der Waals surface area contributed by atoms with Gasteiger partial charge in [0.25, 0.3) is 0 Å². The second-order valence-corrected chi connectivity index (χ2v) is 7.61. The molecule has 1 amide bonds. The number of rotatable bonds is 7. The van der Waals surface area contributed by atoms with Crippen molar-refractivity contribution in [1.82, 2.24) is 10.2 Å². The van der Waals surface area contributed by atoms with Crippen LogP contribution in [0.4, 0.5) is 0 Å². The SMILES string of the molecule is CC1CCN(C(CNC(=O)CCc2ccco2)c2cccs2)CC1. The highest BCUT2D eigenvalue weighted by Gasteiger charge is 2.25. The number of nitrogens with one attached hydrogen (secondary N) is 1. The topological polar surface area (TPSA) is 45.5 Å². The van der Waals surface area contributed by atoms with Crippen molar-refractivity contribution >= 4 is 17.2 Å². The maximum atomic E-state index is 12.2. The molecule has 1 aliphatic heterocycles. The molecule has 5 heteroatoms. The maximum absolute atomic E-state index is 12.2. The van der Waals surface area contributed by atoms with Crippen LogP contribution in [0.1, 0.15) is 42.9 Å². The lowest BCUT2D eigenvalue weighted by Gasteiger charge is -2.36. The molecule has 0 saturated carbocycles. The van der Waals surface area contributed by atoms with Crippen molar-refractivity contribution in [1.29, 1.82) is 0 Å². The number of hydrogen-bond acceptors (Lipinski definition) is 4. The largest absolute Gasteiger partial charge is 0.469 e. The van der Waals surface area contributed by atoms with Gasteiger partial charge in [-0.25, -0.2) is 0 Å². The van der Waals surface area contributed by atoms with E-state index in [0.29, 0.717) is 25.4 Å². The third-order valence-electron chi connectivity index (χ3n) is 4.80. The fourth-order valence-electron chi connectivity index (χ4n) is 3.22. The van der Waals surface area contributed by atoms with Gasteiger partial charge < -0.3 is 9.73 Å². The van der Waals surface area contributed by atoms with Crippen LogP contribution in [0.15, 0.2) is 40.3 Å². The Kier molecular flexibility index (Phi) is 6.10. The first kappa shape index (κ1) is 17.2. The molecule has 1 N–H and O–H groups in total. The number of amides is 1. The fourth-order valence-corrected chi connectivity index (χ4v) is 4.08. The van der Waals surface area contributed by atoms with Gasteiger partial charge in [0.1, 0.15) is 5.76 Å². The Labute approximate surface area is 147 Å². The molecule has 1 atom stereocenters. The lowest BCUT2D eigenvalue weighted by atomic mass is 9.97. The van der Waals surface area contributed by atoms with E-state index in [2.05, 4.69) is 34.7 Å². The number of carbonyl (C=O) groups excluding carboxylic acids is 1. The van der Waals surface area contributed by atoms with Crippen molar-refractivity contribution in [3.63, 3.8) is 0 Å². The first-order valence-electron chi connectivity index (χ1n) is 8.79. The molecule has 0 bridgehead atoms. The molecule has 0 spiro atoms. The lowest BCUT2D eigenvalue weighted by molar-refractivity contribution is -0.121. The van der Waals surface area contributed by atoms with Crippen LogP contribution in [-0.4, -0.2) is 30.4 Å². The average molecular weight is 346 g/mol. The Morgan fingerprint density at radius 3 is 2.88 bits per heavy atom. The summed E-state index contributed by atoms with van der Waals surface area (Å²) < 4.78 is 5.29. The second-order valence-electron chi connectivity index (χ2n) is 6.63. The summed E-state index contributed by atoms with van der Waals surface area (Å²) in [5, 5.41) is 5.25. The van der Waals surface area contributed by atoms with Crippen molar-refractivity contribution in [3.8, 4) is 0 Å². The first-order valence-corrected chi connectivity index (χ1v) is 9.67. The first-order chi connectivity index (χ1) is 11.7. The summed E-state index contributed by atoms with van der Waals surface area (Å²) >= 11 is 1.78. The highest BCUT2D eigenvalue weighted by Crippen LogP contribution is 2.29. The van der Waals surface area contributed by atoms with E-state index in [4.69, 9.17) is 4.42 Å². The number of aryl methyl sites for hydroxylation is 1. The van der Waals surface area contributed by atoms with Gasteiger partial charge in [0, 0.05) is 24.3 Å². The number of likely N-dealkylation sites (tertiary alicyclic amines) is 1. The zero-order chi connectivity index (χ0) is 16.8. The van der Waals surface area contributed by atoms with Gasteiger partial charge in [0.15, 0.2) is 0 Å². The van der Waals surface area contributed by atoms with Gasteiger partial charge in [-0.1, -0.05) is 13.0 Å². The normalized spacial score (nSPS) is 17.7. The molecule has 3 rings (SSSR count). The summed E-state index contributed by atoms with van der Waals surface area (Å²) in [5.74, 6) is 1.77. The summed E-state index contributed by atoms with van der Waals surface area (Å²) in [7, 11) is 0. The molecule has 0 radical (unpaired) electrons. The summed E-state index contributed by atoms with van der Waals surface area (Å²) in [6, 6.07) is 8.35. The van der Waals surface area contributed by atoms with Crippen LogP contribution in [0.25, 0.3) is 0 Å². The number of furan rings is 1. The standard InChI is InChI=1S/C19H26N2O2S/c1-15-8-10-21(11-9-15)17(18-5-3-13-24-18)14-20-19(22)7-6-16-4-2-12-23-16/h2-5,12-13,15,17H,6-11,14H2,1H3,(H,20,22). The zero-order valence-corrected chi connectivity index (χ0v) is 15.1. The third-order valence-corrected chi connectivity index (χ3v) is 5.78. The molecular weight excluding hydrogens is 320 g/mol. The van der Waals surface area contributed by atoms with E-state index < -0.39 is 0 Å². The Bertz CT molecular complexity index is 601. The molecule has 0 aliphatic carbocycles. The second kappa shape index (κ2) is 8.49. The number of nitrogens with zero attached hydrogens (tertiary/aromatic N) is 1. The summed E-state index contributed by atoms with van der Waals surface area (Å²) in [6.45, 7) is 5.25. The fraction of sp³-hybridized carbons (Fsp3) is 0.526. The van der Waals surface area contributed by atoms with Gasteiger partial charge >= 0.3 is 0 Å². The van der Waals surface area contributed by atoms with Crippen LogP contribution in [0, 0.1) is 5.92 Å². The quantitative estimate of drug-likeness (QED) is 0.828. The minimum Gasteiger partial charge on any atom is -0.469 e. The van der Waals surface area contributed by atoms with Crippen LogP contribution in [0.3, 0.4) is 0 Å². The zero-order valence-electron chi connectivity index (χ0n) is 14.2. The molecule has 1 unspecified atom stereocenters. The smallest absolute Gasteiger partial charge is 0.220 e. The van der Waals surface area contributed by atoms with E-state index in [1.165, 1.54) is 17.7 Å². The Morgan fingerprint density at radius 1 is 1.38 bits per heavy atom. The molecule has 24 heavy (non-hydrogen) atoms. The average Bonchev–Trinajstić information content (AvgIpc) is 3.28. The molecule has 2 aromatic rings. The van der Waals surface area contributed by atoms with Crippen LogP contribution in [0.5, 0.6) is 0 Å². The minimum atomic E-state index is 0.0957. The third kappa shape index (κ3) is 4.71. The lowest BCUT2D eigenvalue weighted by Crippen LogP contribution is -2.41. The molecule has 1 saturated heterocycles. The predicted octanol–water partition coefficient (Wildman–Crippen LogP) is 3.86. The molecule has 1 aliphatic rings. The van der Waals surface area contributed by atoms with E-state index in [1.807, 2.05) is 12.1 Å². The van der Waals surface area contributed by atoms with E-state index in [9.17, 15) is 4.79 Å². The van der Waals surface area contributed by atoms with Crippen molar-refractivity contribution in [2.45, 2.75) is 38.6 Å². The number of carbonyl (C=O) groups is 1. The van der Waals surface area contributed by atoms with Gasteiger partial charge in [-0.15, -0.1) is 11.3 Å². The number of piperidine rings is 1. The van der Waals surface area contributed by atoms with Gasteiger partial charge in [-0.05, 0) is 55.4 Å². The molecule has 0 aromatic carbocycles. The molecular formula is C19H26N2O2S. The monoisotopic (exact) mass is 346 g/mol. The van der Waals surface area contributed by atoms with Crippen molar-refractivity contribution in [2.24, 2.45) is 5.92 Å². The molecule has 1 fully saturated rings. The predicted molar refractivity (Wildman–Crippen MR) is 97.1 cm³/mol. The molecule has 2 aromatic heterocycles. The highest BCUT2D eigenvalue weighted by atomic mass is 32.1. The minimum absolute atomic E-state index is 0.0957. The van der Waals surface area contributed by atoms with Crippen LogP contribution in [-0.2, 0) is 11.2 Å². The summed E-state index contributed by atoms with van der Waals surface area (Å²) in [4.78, 5) is 16.0. The molecule has 4 nitrogen and oxygen atoms in total. The van der Waals surface area contributed by atoms with E-state index in [-0.39, 0.29) is 5.91 Å². The van der Waals surface area contributed by atoms with Gasteiger partial charge in [0.2, 0.25) is 5.91 Å². The van der Waals surface area contributed by atoms with Gasteiger partial charge in [-0.2, -0.15) is 0 Å². The summed E-state index contributed by atoms with van der Waals surface area (Å²) in [6.07, 6.45) is 5.27. The number of hydrogen-bond donors (Lipinski definition) is 1.